The highest BCUT2D eigenvalue weighted by Crippen LogP contribution is 2.22. The van der Waals surface area contributed by atoms with Crippen molar-refractivity contribution in [1.29, 1.82) is 0 Å². The van der Waals surface area contributed by atoms with Crippen molar-refractivity contribution in [2.75, 3.05) is 23.7 Å². The van der Waals surface area contributed by atoms with Gasteiger partial charge in [0.1, 0.15) is 18.0 Å². The van der Waals surface area contributed by atoms with Crippen molar-refractivity contribution < 1.29 is 18.3 Å². The van der Waals surface area contributed by atoms with Gasteiger partial charge in [0.05, 0.1) is 6.54 Å². The fourth-order valence-corrected chi connectivity index (χ4v) is 1.28. The minimum atomic E-state index is -4.64. The van der Waals surface area contributed by atoms with E-state index in [4.69, 9.17) is 5.11 Å². The van der Waals surface area contributed by atoms with E-state index in [1.807, 2.05) is 6.92 Å². The van der Waals surface area contributed by atoms with Gasteiger partial charge in [0.2, 0.25) is 0 Å². The predicted molar refractivity (Wildman–Crippen MR) is 61.5 cm³/mol. The van der Waals surface area contributed by atoms with Crippen molar-refractivity contribution in [3.63, 3.8) is 0 Å². The summed E-state index contributed by atoms with van der Waals surface area (Å²) in [5.41, 5.74) is 0.605. The maximum atomic E-state index is 12.1. The highest BCUT2D eigenvalue weighted by molar-refractivity contribution is 5.56. The van der Waals surface area contributed by atoms with Crippen LogP contribution in [0.15, 0.2) is 6.33 Å². The average molecular weight is 264 g/mol. The molecule has 1 atom stereocenters. The standard InChI is InChI=1S/C10H15F3N4O/c1-3-14-8-6(2)9(17-5-16-8)15-4-7(18)10(11,12)13/h5,7,18H,3-4H2,1-2H3,(H2,14,15,16,17). The van der Waals surface area contributed by atoms with E-state index in [2.05, 4.69) is 20.6 Å². The number of halogens is 3. The Hall–Kier alpha value is -1.57. The van der Waals surface area contributed by atoms with E-state index >= 15 is 0 Å². The SMILES string of the molecule is CCNc1ncnc(NCC(O)C(F)(F)F)c1C. The zero-order valence-corrected chi connectivity index (χ0v) is 10.0. The number of aliphatic hydroxyl groups excluding tert-OH is 1. The molecule has 0 saturated carbocycles. The van der Waals surface area contributed by atoms with Gasteiger partial charge in [0.25, 0.3) is 0 Å². The summed E-state index contributed by atoms with van der Waals surface area (Å²) in [7, 11) is 0. The third-order valence-electron chi connectivity index (χ3n) is 2.27. The zero-order chi connectivity index (χ0) is 13.8. The van der Waals surface area contributed by atoms with Gasteiger partial charge in [-0.2, -0.15) is 13.2 Å². The first kappa shape index (κ1) is 14.5. The molecule has 0 aromatic carbocycles. The number of aliphatic hydroxyl groups is 1. The molecule has 102 valence electrons. The lowest BCUT2D eigenvalue weighted by Gasteiger charge is -2.17. The summed E-state index contributed by atoms with van der Waals surface area (Å²) in [5, 5.41) is 14.3. The van der Waals surface area contributed by atoms with Crippen molar-refractivity contribution in [1.82, 2.24) is 9.97 Å². The van der Waals surface area contributed by atoms with Crippen LogP contribution in [0.1, 0.15) is 12.5 Å². The number of hydrogen-bond donors (Lipinski definition) is 3. The van der Waals surface area contributed by atoms with E-state index < -0.39 is 18.8 Å². The molecule has 0 amide bonds. The molecular formula is C10H15F3N4O. The largest absolute Gasteiger partial charge is 0.416 e. The molecule has 18 heavy (non-hydrogen) atoms. The van der Waals surface area contributed by atoms with Gasteiger partial charge in [0.15, 0.2) is 6.10 Å². The molecule has 0 saturated heterocycles. The third kappa shape index (κ3) is 3.73. The van der Waals surface area contributed by atoms with Gasteiger partial charge >= 0.3 is 6.18 Å². The molecule has 0 bridgehead atoms. The van der Waals surface area contributed by atoms with Crippen LogP contribution in [0.25, 0.3) is 0 Å². The number of hydrogen-bond acceptors (Lipinski definition) is 5. The lowest BCUT2D eigenvalue weighted by atomic mass is 10.3. The molecule has 5 nitrogen and oxygen atoms in total. The van der Waals surface area contributed by atoms with Crippen LogP contribution in [-0.4, -0.2) is 40.4 Å². The minimum absolute atomic E-state index is 0.268. The van der Waals surface area contributed by atoms with Crippen LogP contribution >= 0.6 is 0 Å². The Labute approximate surface area is 102 Å². The Morgan fingerprint density at radius 3 is 2.33 bits per heavy atom. The van der Waals surface area contributed by atoms with Gasteiger partial charge in [-0.1, -0.05) is 0 Å². The van der Waals surface area contributed by atoms with E-state index in [9.17, 15) is 13.2 Å². The summed E-state index contributed by atoms with van der Waals surface area (Å²) in [6.45, 7) is 3.55. The Morgan fingerprint density at radius 2 is 1.83 bits per heavy atom. The van der Waals surface area contributed by atoms with Crippen molar-refractivity contribution in [3.8, 4) is 0 Å². The molecule has 1 unspecified atom stereocenters. The van der Waals surface area contributed by atoms with Crippen LogP contribution < -0.4 is 10.6 Å². The van der Waals surface area contributed by atoms with Gasteiger partial charge in [-0.3, -0.25) is 0 Å². The first-order valence-electron chi connectivity index (χ1n) is 5.40. The summed E-state index contributed by atoms with van der Waals surface area (Å²) in [4.78, 5) is 7.79. The van der Waals surface area contributed by atoms with Crippen molar-refractivity contribution in [3.05, 3.63) is 11.9 Å². The Kier molecular flexibility index (Phi) is 4.71. The molecule has 0 aliphatic heterocycles. The highest BCUT2D eigenvalue weighted by Gasteiger charge is 2.37. The van der Waals surface area contributed by atoms with Crippen molar-refractivity contribution in [2.45, 2.75) is 26.1 Å². The smallest absolute Gasteiger partial charge is 0.382 e. The third-order valence-corrected chi connectivity index (χ3v) is 2.27. The number of alkyl halides is 3. The highest BCUT2D eigenvalue weighted by atomic mass is 19.4. The second kappa shape index (κ2) is 5.85. The van der Waals surface area contributed by atoms with E-state index in [1.165, 1.54) is 6.33 Å². The summed E-state index contributed by atoms with van der Waals surface area (Å²) in [5.74, 6) is 0.820. The van der Waals surface area contributed by atoms with E-state index in [-0.39, 0.29) is 5.82 Å². The van der Waals surface area contributed by atoms with Crippen LogP contribution in [-0.2, 0) is 0 Å². The lowest BCUT2D eigenvalue weighted by molar-refractivity contribution is -0.198. The number of rotatable bonds is 5. The van der Waals surface area contributed by atoms with Gasteiger partial charge < -0.3 is 15.7 Å². The molecule has 0 fully saturated rings. The quantitative estimate of drug-likeness (QED) is 0.752. The monoisotopic (exact) mass is 264 g/mol. The number of nitrogens with one attached hydrogen (secondary N) is 2. The number of anilines is 2. The molecule has 0 spiro atoms. The maximum absolute atomic E-state index is 12.1. The fourth-order valence-electron chi connectivity index (χ4n) is 1.28. The van der Waals surface area contributed by atoms with E-state index in [0.29, 0.717) is 17.9 Å². The molecule has 8 heteroatoms. The maximum Gasteiger partial charge on any atom is 0.416 e. The van der Waals surface area contributed by atoms with Crippen LogP contribution in [0.4, 0.5) is 24.8 Å². The van der Waals surface area contributed by atoms with Crippen molar-refractivity contribution >= 4 is 11.6 Å². The summed E-state index contributed by atoms with van der Waals surface area (Å²) < 4.78 is 36.4. The minimum Gasteiger partial charge on any atom is -0.382 e. The van der Waals surface area contributed by atoms with Crippen LogP contribution in [0.5, 0.6) is 0 Å². The normalized spacial score (nSPS) is 13.2. The summed E-state index contributed by atoms with van der Waals surface area (Å²) >= 11 is 0. The summed E-state index contributed by atoms with van der Waals surface area (Å²) in [6.07, 6.45) is -5.82. The Balaban J connectivity index is 2.71. The van der Waals surface area contributed by atoms with Gasteiger partial charge in [0, 0.05) is 12.1 Å². The second-order valence-electron chi connectivity index (χ2n) is 3.66. The van der Waals surface area contributed by atoms with Gasteiger partial charge in [-0.25, -0.2) is 9.97 Å². The Bertz CT molecular complexity index is 397. The zero-order valence-electron chi connectivity index (χ0n) is 10.0. The van der Waals surface area contributed by atoms with E-state index in [0.717, 1.165) is 0 Å². The fraction of sp³-hybridized carbons (Fsp3) is 0.600. The first-order chi connectivity index (χ1) is 8.36. The van der Waals surface area contributed by atoms with Gasteiger partial charge in [-0.15, -0.1) is 0 Å². The average Bonchev–Trinajstić information content (AvgIpc) is 2.29. The predicted octanol–water partition coefficient (Wildman–Crippen LogP) is 1.55. The molecule has 3 N–H and O–H groups in total. The van der Waals surface area contributed by atoms with Gasteiger partial charge in [-0.05, 0) is 13.8 Å². The lowest BCUT2D eigenvalue weighted by Crippen LogP contribution is -2.35. The Morgan fingerprint density at radius 1 is 1.28 bits per heavy atom. The summed E-state index contributed by atoms with van der Waals surface area (Å²) in [6, 6.07) is 0. The topological polar surface area (TPSA) is 70.1 Å². The molecule has 0 aliphatic rings. The molecule has 0 aliphatic carbocycles. The molecular weight excluding hydrogens is 249 g/mol. The first-order valence-corrected chi connectivity index (χ1v) is 5.40. The van der Waals surface area contributed by atoms with Crippen molar-refractivity contribution in [2.24, 2.45) is 0 Å². The number of aromatic nitrogens is 2. The van der Waals surface area contributed by atoms with E-state index in [1.54, 1.807) is 6.92 Å². The van der Waals surface area contributed by atoms with Crippen LogP contribution in [0, 0.1) is 6.92 Å². The molecule has 1 aromatic rings. The molecule has 1 aromatic heterocycles. The number of nitrogens with zero attached hydrogens (tertiary/aromatic N) is 2. The molecule has 0 radical (unpaired) electrons. The second-order valence-corrected chi connectivity index (χ2v) is 3.66. The van der Waals surface area contributed by atoms with Crippen LogP contribution in [0.2, 0.25) is 0 Å². The molecule has 1 rings (SSSR count). The van der Waals surface area contributed by atoms with Crippen LogP contribution in [0.3, 0.4) is 0 Å². The molecule has 1 heterocycles.